The second-order valence-corrected chi connectivity index (χ2v) is 8.97. The van der Waals surface area contributed by atoms with E-state index >= 15 is 0 Å². The molecule has 0 saturated carbocycles. The van der Waals surface area contributed by atoms with Crippen LogP contribution in [0, 0.1) is 23.4 Å². The van der Waals surface area contributed by atoms with Gasteiger partial charge in [-0.2, -0.15) is 0 Å². The summed E-state index contributed by atoms with van der Waals surface area (Å²) < 4.78 is 55.7. The molecule has 0 N–H and O–H groups in total. The molecule has 1 fully saturated rings. The molecule has 5 heteroatoms. The maximum atomic E-state index is 15.0. The molecule has 0 spiro atoms. The van der Waals surface area contributed by atoms with Crippen LogP contribution in [0.15, 0.2) is 54.6 Å². The summed E-state index contributed by atoms with van der Waals surface area (Å²) in [5.74, 6) is -1.63. The minimum Gasteiger partial charge on any atom is -0.348 e. The second-order valence-electron chi connectivity index (χ2n) is 8.97. The smallest absolute Gasteiger partial charge is 0.183 e. The van der Waals surface area contributed by atoms with Crippen LogP contribution >= 0.6 is 0 Å². The van der Waals surface area contributed by atoms with Gasteiger partial charge in [-0.05, 0) is 42.0 Å². The van der Waals surface area contributed by atoms with E-state index < -0.39 is 17.9 Å². The summed E-state index contributed by atoms with van der Waals surface area (Å²) in [7, 11) is 0. The topological polar surface area (TPSA) is 18.5 Å². The average molecular weight is 469 g/mol. The van der Waals surface area contributed by atoms with Gasteiger partial charge in [-0.1, -0.05) is 75.2 Å². The van der Waals surface area contributed by atoms with Crippen molar-refractivity contribution in [3.05, 3.63) is 83.2 Å². The summed E-state index contributed by atoms with van der Waals surface area (Å²) in [4.78, 5) is 0. The molecule has 0 unspecified atom stereocenters. The Kier molecular flexibility index (Phi) is 8.07. The first-order chi connectivity index (χ1) is 16.5. The van der Waals surface area contributed by atoms with Gasteiger partial charge in [-0.15, -0.1) is 0 Å². The Labute approximate surface area is 199 Å². The van der Waals surface area contributed by atoms with E-state index in [4.69, 9.17) is 9.47 Å². The van der Waals surface area contributed by atoms with Crippen molar-refractivity contribution < 1.29 is 22.6 Å². The number of rotatable bonds is 8. The van der Waals surface area contributed by atoms with Crippen LogP contribution in [0.5, 0.6) is 0 Å². The molecule has 1 aliphatic rings. The van der Waals surface area contributed by atoms with E-state index in [1.165, 1.54) is 6.07 Å². The van der Waals surface area contributed by atoms with Gasteiger partial charge in [-0.3, -0.25) is 0 Å². The predicted molar refractivity (Wildman–Crippen MR) is 129 cm³/mol. The van der Waals surface area contributed by atoms with Gasteiger partial charge >= 0.3 is 0 Å². The number of aryl methyl sites for hydroxylation is 1. The van der Waals surface area contributed by atoms with Gasteiger partial charge in [-0.25, -0.2) is 13.2 Å². The van der Waals surface area contributed by atoms with Crippen LogP contribution in [0.2, 0.25) is 0 Å². The molecule has 3 aromatic rings. The first kappa shape index (κ1) is 24.5. The molecule has 3 aromatic carbocycles. The molecular formula is C29H31F3O2. The standard InChI is InChI=1S/C29H31F3O2/c1-3-5-7-22-12-15-25(28(32)27(22)31)21-10-8-20(9-11-21)24-14-13-23(16-26(24)30)29-33-17-19(6-4-2)18-34-29/h8-16,19,29H,3-7,17-18H2,1-2H3. The summed E-state index contributed by atoms with van der Waals surface area (Å²) in [5.41, 5.74) is 2.87. The SMILES string of the molecule is CCCCc1ccc(-c2ccc(-c3ccc(C4OCC(CCC)CO4)cc3F)cc2)c(F)c1F. The van der Waals surface area contributed by atoms with Gasteiger partial charge in [0.2, 0.25) is 0 Å². The van der Waals surface area contributed by atoms with Gasteiger partial charge in [0.05, 0.1) is 13.2 Å². The Morgan fingerprint density at radius 3 is 2.03 bits per heavy atom. The third-order valence-corrected chi connectivity index (χ3v) is 6.40. The summed E-state index contributed by atoms with van der Waals surface area (Å²) >= 11 is 0. The van der Waals surface area contributed by atoms with Crippen LogP contribution in [-0.2, 0) is 15.9 Å². The first-order valence-corrected chi connectivity index (χ1v) is 12.1. The zero-order valence-electron chi connectivity index (χ0n) is 19.8. The van der Waals surface area contributed by atoms with Crippen LogP contribution in [0.25, 0.3) is 22.3 Å². The molecule has 0 radical (unpaired) electrons. The number of hydrogen-bond acceptors (Lipinski definition) is 2. The second kappa shape index (κ2) is 11.2. The number of halogens is 3. The zero-order chi connectivity index (χ0) is 24.1. The molecule has 0 aromatic heterocycles. The minimum absolute atomic E-state index is 0.202. The van der Waals surface area contributed by atoms with Gasteiger partial charge in [0, 0.05) is 22.6 Å². The largest absolute Gasteiger partial charge is 0.348 e. The maximum Gasteiger partial charge on any atom is 0.183 e. The Morgan fingerprint density at radius 2 is 1.41 bits per heavy atom. The summed E-state index contributed by atoms with van der Waals surface area (Å²) in [5, 5.41) is 0. The minimum atomic E-state index is -0.842. The molecule has 0 aliphatic carbocycles. The van der Waals surface area contributed by atoms with Crippen LogP contribution < -0.4 is 0 Å². The maximum absolute atomic E-state index is 15.0. The monoisotopic (exact) mass is 468 g/mol. The lowest BCUT2D eigenvalue weighted by molar-refractivity contribution is -0.206. The van der Waals surface area contributed by atoms with Crippen molar-refractivity contribution in [2.75, 3.05) is 13.2 Å². The number of ether oxygens (including phenoxy) is 2. The van der Waals surface area contributed by atoms with Crippen LogP contribution in [0.4, 0.5) is 13.2 Å². The molecule has 1 heterocycles. The normalized spacial score (nSPS) is 18.3. The fourth-order valence-electron chi connectivity index (χ4n) is 4.42. The Balaban J connectivity index is 1.50. The molecule has 1 aliphatic heterocycles. The average Bonchev–Trinajstić information content (AvgIpc) is 2.86. The highest BCUT2D eigenvalue weighted by Gasteiger charge is 2.24. The fourth-order valence-corrected chi connectivity index (χ4v) is 4.42. The van der Waals surface area contributed by atoms with E-state index in [2.05, 4.69) is 6.92 Å². The van der Waals surface area contributed by atoms with Crippen molar-refractivity contribution in [2.24, 2.45) is 5.92 Å². The molecule has 2 nitrogen and oxygen atoms in total. The van der Waals surface area contributed by atoms with Crippen LogP contribution in [0.3, 0.4) is 0 Å². The fraction of sp³-hybridized carbons (Fsp3) is 0.379. The van der Waals surface area contributed by atoms with Crippen molar-refractivity contribution in [1.82, 2.24) is 0 Å². The number of hydrogen-bond donors (Lipinski definition) is 0. The van der Waals surface area contributed by atoms with Crippen molar-refractivity contribution in [3.63, 3.8) is 0 Å². The van der Waals surface area contributed by atoms with Gasteiger partial charge in [0.15, 0.2) is 17.9 Å². The van der Waals surface area contributed by atoms with E-state index in [1.807, 2.05) is 6.92 Å². The summed E-state index contributed by atoms with van der Waals surface area (Å²) in [6.07, 6.45) is 3.82. The van der Waals surface area contributed by atoms with E-state index in [9.17, 15) is 13.2 Å². The molecule has 4 rings (SSSR count). The van der Waals surface area contributed by atoms with Crippen molar-refractivity contribution in [1.29, 1.82) is 0 Å². The molecule has 1 saturated heterocycles. The highest BCUT2D eigenvalue weighted by atomic mass is 19.2. The van der Waals surface area contributed by atoms with Crippen molar-refractivity contribution >= 4 is 0 Å². The molecule has 0 bridgehead atoms. The van der Waals surface area contributed by atoms with Crippen molar-refractivity contribution in [3.8, 4) is 22.3 Å². The van der Waals surface area contributed by atoms with E-state index in [0.717, 1.165) is 25.7 Å². The Morgan fingerprint density at radius 1 is 0.765 bits per heavy atom. The lowest BCUT2D eigenvalue weighted by Gasteiger charge is -2.29. The molecule has 0 amide bonds. The van der Waals surface area contributed by atoms with Gasteiger partial charge in [0.1, 0.15) is 5.82 Å². The highest BCUT2D eigenvalue weighted by molar-refractivity contribution is 5.71. The first-order valence-electron chi connectivity index (χ1n) is 12.1. The van der Waals surface area contributed by atoms with E-state index in [1.54, 1.807) is 48.5 Å². The molecule has 34 heavy (non-hydrogen) atoms. The lowest BCUT2D eigenvalue weighted by Crippen LogP contribution is -2.27. The highest BCUT2D eigenvalue weighted by Crippen LogP contribution is 2.33. The van der Waals surface area contributed by atoms with Crippen LogP contribution in [-0.4, -0.2) is 13.2 Å². The van der Waals surface area contributed by atoms with Crippen molar-refractivity contribution in [2.45, 2.75) is 52.2 Å². The third-order valence-electron chi connectivity index (χ3n) is 6.40. The van der Waals surface area contributed by atoms with Crippen LogP contribution in [0.1, 0.15) is 56.9 Å². The predicted octanol–water partition coefficient (Wildman–Crippen LogP) is 8.24. The Hall–Kier alpha value is -2.63. The van der Waals surface area contributed by atoms with E-state index in [0.29, 0.717) is 53.4 Å². The zero-order valence-corrected chi connectivity index (χ0v) is 19.8. The quantitative estimate of drug-likeness (QED) is 0.331. The van der Waals surface area contributed by atoms with E-state index in [-0.39, 0.29) is 11.4 Å². The molecule has 0 atom stereocenters. The van der Waals surface area contributed by atoms with Gasteiger partial charge < -0.3 is 9.47 Å². The number of benzene rings is 3. The third kappa shape index (κ3) is 5.37. The molecular weight excluding hydrogens is 437 g/mol. The number of unbranched alkanes of at least 4 members (excludes halogenated alkanes) is 1. The summed E-state index contributed by atoms with van der Waals surface area (Å²) in [6, 6.07) is 15.0. The Bertz CT molecular complexity index is 1100. The summed E-state index contributed by atoms with van der Waals surface area (Å²) in [6.45, 7) is 5.37. The lowest BCUT2D eigenvalue weighted by atomic mass is 9.97. The molecule has 180 valence electrons. The van der Waals surface area contributed by atoms with Gasteiger partial charge in [0.25, 0.3) is 0 Å².